The van der Waals surface area contributed by atoms with Gasteiger partial charge in [0.05, 0.1) is 0 Å². The minimum atomic E-state index is -0.260. The monoisotopic (exact) mass is 294 g/mol. The zero-order valence-corrected chi connectivity index (χ0v) is 13.0. The molecule has 0 atom stereocenters. The molecule has 1 fully saturated rings. The molecule has 1 N–H and O–H groups in total. The lowest BCUT2D eigenvalue weighted by Crippen LogP contribution is -2.33. The van der Waals surface area contributed by atoms with Gasteiger partial charge in [0, 0.05) is 18.7 Å². The van der Waals surface area contributed by atoms with Gasteiger partial charge in [0.1, 0.15) is 6.61 Å². The van der Waals surface area contributed by atoms with E-state index >= 15 is 0 Å². The molecule has 0 spiro atoms. The average molecular weight is 294 g/mol. The number of para-hydroxylation sites is 1. The fourth-order valence-electron chi connectivity index (χ4n) is 2.71. The minimum absolute atomic E-state index is 0.260. The van der Waals surface area contributed by atoms with Crippen molar-refractivity contribution < 1.29 is 9.13 Å². The van der Waals surface area contributed by atoms with Crippen molar-refractivity contribution in [2.24, 2.45) is 0 Å². The van der Waals surface area contributed by atoms with E-state index in [4.69, 9.17) is 4.74 Å². The second kappa shape index (κ2) is 9.00. The first-order chi connectivity index (χ1) is 10.3. The maximum atomic E-state index is 14.0. The van der Waals surface area contributed by atoms with Gasteiger partial charge in [-0.15, -0.1) is 0 Å². The third-order valence-corrected chi connectivity index (χ3v) is 3.89. The van der Waals surface area contributed by atoms with Crippen LogP contribution in [0.5, 0.6) is 5.75 Å². The number of likely N-dealkylation sites (tertiary alicyclic amines) is 1. The number of halogens is 1. The summed E-state index contributed by atoms with van der Waals surface area (Å²) in [6.07, 6.45) is 4.94. The van der Waals surface area contributed by atoms with Gasteiger partial charge in [0.25, 0.3) is 0 Å². The topological polar surface area (TPSA) is 24.5 Å². The van der Waals surface area contributed by atoms with Crippen molar-refractivity contribution in [3.63, 3.8) is 0 Å². The molecule has 4 heteroatoms. The molecule has 2 rings (SSSR count). The Morgan fingerprint density at radius 2 is 2.05 bits per heavy atom. The van der Waals surface area contributed by atoms with Crippen LogP contribution in [0.2, 0.25) is 0 Å². The predicted octanol–water partition coefficient (Wildman–Crippen LogP) is 3.19. The van der Waals surface area contributed by atoms with Crippen LogP contribution in [0, 0.1) is 5.82 Å². The van der Waals surface area contributed by atoms with Gasteiger partial charge in [-0.05, 0) is 45.0 Å². The Morgan fingerprint density at radius 1 is 1.24 bits per heavy atom. The van der Waals surface area contributed by atoms with E-state index in [2.05, 4.69) is 17.1 Å². The van der Waals surface area contributed by atoms with Crippen molar-refractivity contribution in [3.05, 3.63) is 29.6 Å². The van der Waals surface area contributed by atoms with Crippen molar-refractivity contribution in [1.29, 1.82) is 0 Å². The highest BCUT2D eigenvalue weighted by molar-refractivity contribution is 5.34. The Morgan fingerprint density at radius 3 is 2.81 bits per heavy atom. The average Bonchev–Trinajstić information content (AvgIpc) is 2.51. The van der Waals surface area contributed by atoms with E-state index in [-0.39, 0.29) is 5.82 Å². The number of nitrogens with zero attached hydrogens (tertiary/aromatic N) is 1. The largest absolute Gasteiger partial charge is 0.489 e. The standard InChI is InChI=1S/C17H27FN2O/c1-2-9-19-14-15-7-6-8-16(18)17(15)21-13-12-20-10-4-3-5-11-20/h6-8,19H,2-5,9-14H2,1H3. The quantitative estimate of drug-likeness (QED) is 0.745. The molecule has 1 heterocycles. The summed E-state index contributed by atoms with van der Waals surface area (Å²) in [5, 5.41) is 3.30. The minimum Gasteiger partial charge on any atom is -0.489 e. The van der Waals surface area contributed by atoms with Crippen molar-refractivity contribution in [2.75, 3.05) is 32.8 Å². The van der Waals surface area contributed by atoms with Crippen molar-refractivity contribution in [2.45, 2.75) is 39.2 Å². The zero-order chi connectivity index (χ0) is 14.9. The summed E-state index contributed by atoms with van der Waals surface area (Å²) in [5.74, 6) is 0.155. The van der Waals surface area contributed by atoms with Crippen molar-refractivity contribution in [3.8, 4) is 5.75 Å². The Bertz CT molecular complexity index is 419. The van der Waals surface area contributed by atoms with Crippen LogP contribution in [0.25, 0.3) is 0 Å². The Balaban J connectivity index is 1.85. The highest BCUT2D eigenvalue weighted by atomic mass is 19.1. The van der Waals surface area contributed by atoms with Crippen molar-refractivity contribution in [1.82, 2.24) is 10.2 Å². The summed E-state index contributed by atoms with van der Waals surface area (Å²) in [5.41, 5.74) is 0.905. The lowest BCUT2D eigenvalue weighted by Gasteiger charge is -2.26. The van der Waals surface area contributed by atoms with Crippen LogP contribution in [0.3, 0.4) is 0 Å². The van der Waals surface area contributed by atoms with E-state index in [1.165, 1.54) is 25.3 Å². The molecule has 0 radical (unpaired) electrons. The van der Waals surface area contributed by atoms with Crippen LogP contribution in [0.4, 0.5) is 4.39 Å². The molecule has 1 aliphatic rings. The summed E-state index contributed by atoms with van der Waals surface area (Å²) >= 11 is 0. The third-order valence-electron chi connectivity index (χ3n) is 3.89. The van der Waals surface area contributed by atoms with Crippen LogP contribution in [-0.4, -0.2) is 37.7 Å². The van der Waals surface area contributed by atoms with E-state index < -0.39 is 0 Å². The normalized spacial score (nSPS) is 16.1. The van der Waals surface area contributed by atoms with Gasteiger partial charge in [0.15, 0.2) is 11.6 Å². The summed E-state index contributed by atoms with van der Waals surface area (Å²) in [4.78, 5) is 2.40. The Labute approximate surface area is 127 Å². The molecule has 1 saturated heterocycles. The predicted molar refractivity (Wildman–Crippen MR) is 84.2 cm³/mol. The molecule has 21 heavy (non-hydrogen) atoms. The second-order valence-electron chi connectivity index (χ2n) is 5.66. The first-order valence-corrected chi connectivity index (χ1v) is 8.14. The van der Waals surface area contributed by atoms with Gasteiger partial charge in [-0.2, -0.15) is 0 Å². The zero-order valence-electron chi connectivity index (χ0n) is 13.0. The molecule has 0 saturated carbocycles. The van der Waals surface area contributed by atoms with Crippen LogP contribution >= 0.6 is 0 Å². The number of rotatable bonds is 8. The van der Waals surface area contributed by atoms with Gasteiger partial charge >= 0.3 is 0 Å². The van der Waals surface area contributed by atoms with E-state index in [9.17, 15) is 4.39 Å². The smallest absolute Gasteiger partial charge is 0.165 e. The highest BCUT2D eigenvalue weighted by Gasteiger charge is 2.12. The fourth-order valence-corrected chi connectivity index (χ4v) is 2.71. The number of piperidine rings is 1. The molecule has 1 aromatic carbocycles. The van der Waals surface area contributed by atoms with Gasteiger partial charge in [-0.25, -0.2) is 4.39 Å². The SMILES string of the molecule is CCCNCc1cccc(F)c1OCCN1CCCCC1. The summed E-state index contributed by atoms with van der Waals surface area (Å²) in [7, 11) is 0. The Hall–Kier alpha value is -1.13. The summed E-state index contributed by atoms with van der Waals surface area (Å²) in [6, 6.07) is 5.15. The molecule has 0 unspecified atom stereocenters. The van der Waals surface area contributed by atoms with Gasteiger partial charge in [-0.3, -0.25) is 4.90 Å². The van der Waals surface area contributed by atoms with Crippen molar-refractivity contribution >= 4 is 0 Å². The number of nitrogens with one attached hydrogen (secondary N) is 1. The number of hydrogen-bond acceptors (Lipinski definition) is 3. The molecule has 118 valence electrons. The molecular formula is C17H27FN2O. The number of hydrogen-bond donors (Lipinski definition) is 1. The second-order valence-corrected chi connectivity index (χ2v) is 5.66. The highest BCUT2D eigenvalue weighted by Crippen LogP contribution is 2.22. The van der Waals surface area contributed by atoms with E-state index in [0.717, 1.165) is 38.2 Å². The lowest BCUT2D eigenvalue weighted by atomic mass is 10.1. The summed E-state index contributed by atoms with van der Waals surface area (Å²) < 4.78 is 19.7. The van der Waals surface area contributed by atoms with E-state index in [0.29, 0.717) is 18.9 Å². The van der Waals surface area contributed by atoms with Gasteiger partial charge < -0.3 is 10.1 Å². The van der Waals surface area contributed by atoms with Gasteiger partial charge in [0.2, 0.25) is 0 Å². The van der Waals surface area contributed by atoms with E-state index in [1.807, 2.05) is 6.07 Å². The first kappa shape index (κ1) is 16.2. The van der Waals surface area contributed by atoms with Crippen LogP contribution in [-0.2, 0) is 6.54 Å². The van der Waals surface area contributed by atoms with Crippen LogP contribution in [0.15, 0.2) is 18.2 Å². The molecule has 0 aliphatic carbocycles. The molecule has 3 nitrogen and oxygen atoms in total. The lowest BCUT2D eigenvalue weighted by molar-refractivity contribution is 0.179. The fraction of sp³-hybridized carbons (Fsp3) is 0.647. The molecular weight excluding hydrogens is 267 g/mol. The Kier molecular flexibility index (Phi) is 6.96. The molecule has 1 aromatic rings. The molecule has 0 aromatic heterocycles. The van der Waals surface area contributed by atoms with Crippen LogP contribution in [0.1, 0.15) is 38.2 Å². The summed E-state index contributed by atoms with van der Waals surface area (Å²) in [6.45, 7) is 7.44. The van der Waals surface area contributed by atoms with Gasteiger partial charge in [-0.1, -0.05) is 25.5 Å². The number of benzene rings is 1. The maximum Gasteiger partial charge on any atom is 0.165 e. The van der Waals surface area contributed by atoms with Crippen LogP contribution < -0.4 is 10.1 Å². The maximum absolute atomic E-state index is 14.0. The molecule has 0 amide bonds. The molecule has 1 aliphatic heterocycles. The molecule has 0 bridgehead atoms. The number of ether oxygens (including phenoxy) is 1. The first-order valence-electron chi connectivity index (χ1n) is 8.14. The third kappa shape index (κ3) is 5.29. The van der Waals surface area contributed by atoms with E-state index in [1.54, 1.807) is 6.07 Å².